The third-order valence-corrected chi connectivity index (χ3v) is 6.93. The number of rotatable bonds is 7. The number of pyridine rings is 1. The van der Waals surface area contributed by atoms with Gasteiger partial charge in [-0.25, -0.2) is 18.4 Å². The lowest BCUT2D eigenvalue weighted by Gasteiger charge is -2.13. The van der Waals surface area contributed by atoms with Crippen molar-refractivity contribution in [1.82, 2.24) is 15.0 Å². The number of ether oxygens (including phenoxy) is 1. The zero-order chi connectivity index (χ0) is 24.3. The molecule has 0 aliphatic heterocycles. The molecule has 5 aromatic rings. The maximum Gasteiger partial charge on any atom is 0.263 e. The number of aryl methyl sites for hydroxylation is 1. The fourth-order valence-corrected chi connectivity index (χ4v) is 4.82. The molecule has 0 saturated heterocycles. The standard InChI is InChI=1S/C27H22N4O3S/c1-19-7-8-22(34-17-20-5-3-2-4-6-20)16-25(19)27-24-10-9-23(15-21(24)11-14-29-27)35(32,33)31-26-12-13-28-18-30-26/h2-16,18H,17H2,1H3,(H,28,30,31). The number of nitrogens with zero attached hydrogens (tertiary/aromatic N) is 3. The molecule has 0 atom stereocenters. The van der Waals surface area contributed by atoms with E-state index < -0.39 is 10.0 Å². The predicted octanol–water partition coefficient (Wildman–Crippen LogP) is 5.38. The van der Waals surface area contributed by atoms with Crippen LogP contribution in [0.25, 0.3) is 22.0 Å². The van der Waals surface area contributed by atoms with Gasteiger partial charge in [0.1, 0.15) is 24.5 Å². The molecule has 3 aromatic carbocycles. The first-order chi connectivity index (χ1) is 17.0. The van der Waals surface area contributed by atoms with E-state index in [0.717, 1.165) is 38.9 Å². The quantitative estimate of drug-likeness (QED) is 0.335. The molecule has 8 heteroatoms. The van der Waals surface area contributed by atoms with Gasteiger partial charge in [-0.15, -0.1) is 0 Å². The van der Waals surface area contributed by atoms with Crippen LogP contribution in [0.15, 0.2) is 102 Å². The molecule has 0 aliphatic carbocycles. The molecule has 0 radical (unpaired) electrons. The summed E-state index contributed by atoms with van der Waals surface area (Å²) < 4.78 is 34.3. The highest BCUT2D eigenvalue weighted by Crippen LogP contribution is 2.33. The normalized spacial score (nSPS) is 11.3. The Hall–Kier alpha value is -4.30. The van der Waals surface area contributed by atoms with Gasteiger partial charge >= 0.3 is 0 Å². The maximum atomic E-state index is 12.9. The van der Waals surface area contributed by atoms with Gasteiger partial charge in [0.25, 0.3) is 10.0 Å². The Morgan fingerprint density at radius 2 is 1.74 bits per heavy atom. The molecule has 0 amide bonds. The Labute approximate surface area is 203 Å². The number of sulfonamides is 1. The van der Waals surface area contributed by atoms with E-state index in [1.165, 1.54) is 18.6 Å². The van der Waals surface area contributed by atoms with E-state index in [0.29, 0.717) is 6.61 Å². The highest BCUT2D eigenvalue weighted by Gasteiger charge is 2.17. The minimum Gasteiger partial charge on any atom is -0.489 e. The zero-order valence-corrected chi connectivity index (χ0v) is 19.7. The molecule has 1 N–H and O–H groups in total. The molecule has 0 aliphatic rings. The number of aromatic nitrogens is 3. The molecule has 0 spiro atoms. The third-order valence-electron chi connectivity index (χ3n) is 5.58. The van der Waals surface area contributed by atoms with Crippen LogP contribution in [-0.4, -0.2) is 23.4 Å². The van der Waals surface area contributed by atoms with Gasteiger partial charge in [0.2, 0.25) is 0 Å². The molecule has 0 unspecified atom stereocenters. The van der Waals surface area contributed by atoms with Crippen LogP contribution in [0.1, 0.15) is 11.1 Å². The van der Waals surface area contributed by atoms with Crippen molar-refractivity contribution in [3.05, 3.63) is 109 Å². The molecule has 174 valence electrons. The molecular formula is C27H22N4O3S. The Bertz CT molecular complexity index is 1590. The van der Waals surface area contributed by atoms with Gasteiger partial charge in [-0.3, -0.25) is 9.71 Å². The molecule has 0 saturated carbocycles. The Kier molecular flexibility index (Phi) is 6.12. The first-order valence-electron chi connectivity index (χ1n) is 10.9. The van der Waals surface area contributed by atoms with Crippen LogP contribution in [0.5, 0.6) is 5.75 Å². The average molecular weight is 483 g/mol. The third kappa shape index (κ3) is 4.97. The Morgan fingerprint density at radius 1 is 0.886 bits per heavy atom. The lowest BCUT2D eigenvalue weighted by molar-refractivity contribution is 0.306. The first-order valence-corrected chi connectivity index (χ1v) is 12.4. The van der Waals surface area contributed by atoms with Gasteiger partial charge in [0, 0.05) is 23.3 Å². The highest BCUT2D eigenvalue weighted by atomic mass is 32.2. The molecule has 2 heterocycles. The average Bonchev–Trinajstić information content (AvgIpc) is 2.88. The van der Waals surface area contributed by atoms with E-state index in [-0.39, 0.29) is 10.7 Å². The predicted molar refractivity (Wildman–Crippen MR) is 136 cm³/mol. The fraction of sp³-hybridized carbons (Fsp3) is 0.0741. The maximum absolute atomic E-state index is 12.9. The van der Waals surface area contributed by atoms with Crippen molar-refractivity contribution >= 4 is 26.6 Å². The lowest BCUT2D eigenvalue weighted by Crippen LogP contribution is -2.13. The summed E-state index contributed by atoms with van der Waals surface area (Å²) >= 11 is 0. The molecule has 7 nitrogen and oxygen atoms in total. The van der Waals surface area contributed by atoms with E-state index in [2.05, 4.69) is 19.7 Å². The minimum atomic E-state index is -3.81. The fourth-order valence-electron chi connectivity index (χ4n) is 3.77. The van der Waals surface area contributed by atoms with Crippen molar-refractivity contribution in [3.8, 4) is 17.0 Å². The lowest BCUT2D eigenvalue weighted by atomic mass is 10.00. The summed E-state index contributed by atoms with van der Waals surface area (Å²) in [5, 5.41) is 1.60. The van der Waals surface area contributed by atoms with Crippen LogP contribution >= 0.6 is 0 Å². The van der Waals surface area contributed by atoms with Gasteiger partial charge in [-0.2, -0.15) is 0 Å². The van der Waals surface area contributed by atoms with Gasteiger partial charge in [-0.05, 0) is 59.8 Å². The van der Waals surface area contributed by atoms with Crippen LogP contribution in [0, 0.1) is 6.92 Å². The van der Waals surface area contributed by atoms with Crippen molar-refractivity contribution in [3.63, 3.8) is 0 Å². The number of fused-ring (bicyclic) bond motifs is 1. The largest absolute Gasteiger partial charge is 0.489 e. The molecule has 2 aromatic heterocycles. The van der Waals surface area contributed by atoms with Gasteiger partial charge in [0.05, 0.1) is 10.6 Å². The zero-order valence-electron chi connectivity index (χ0n) is 18.9. The molecule has 5 rings (SSSR count). The number of benzene rings is 3. The van der Waals surface area contributed by atoms with Gasteiger partial charge in [0.15, 0.2) is 0 Å². The SMILES string of the molecule is Cc1ccc(OCc2ccccc2)cc1-c1nccc2cc(S(=O)(=O)Nc3ccncn3)ccc12. The van der Waals surface area contributed by atoms with Crippen molar-refractivity contribution < 1.29 is 13.2 Å². The number of anilines is 1. The van der Waals surface area contributed by atoms with E-state index in [4.69, 9.17) is 4.74 Å². The number of hydrogen-bond acceptors (Lipinski definition) is 6. The van der Waals surface area contributed by atoms with Gasteiger partial charge in [-0.1, -0.05) is 42.5 Å². The van der Waals surface area contributed by atoms with Crippen molar-refractivity contribution in [2.75, 3.05) is 4.72 Å². The highest BCUT2D eigenvalue weighted by molar-refractivity contribution is 7.92. The van der Waals surface area contributed by atoms with Crippen LogP contribution < -0.4 is 9.46 Å². The topological polar surface area (TPSA) is 94.1 Å². The second-order valence-electron chi connectivity index (χ2n) is 7.99. The summed E-state index contributed by atoms with van der Waals surface area (Å²) in [6.07, 6.45) is 4.45. The van der Waals surface area contributed by atoms with Crippen LogP contribution in [0.2, 0.25) is 0 Å². The minimum absolute atomic E-state index is 0.137. The molecule has 35 heavy (non-hydrogen) atoms. The molecule has 0 fully saturated rings. The van der Waals surface area contributed by atoms with Crippen LogP contribution in [0.3, 0.4) is 0 Å². The van der Waals surface area contributed by atoms with Crippen LogP contribution in [-0.2, 0) is 16.6 Å². The number of hydrogen-bond donors (Lipinski definition) is 1. The summed E-state index contributed by atoms with van der Waals surface area (Å²) in [7, 11) is -3.81. The van der Waals surface area contributed by atoms with E-state index in [1.807, 2.05) is 55.5 Å². The Balaban J connectivity index is 1.47. The van der Waals surface area contributed by atoms with Crippen molar-refractivity contribution in [1.29, 1.82) is 0 Å². The number of nitrogens with one attached hydrogen (secondary N) is 1. The van der Waals surface area contributed by atoms with Gasteiger partial charge < -0.3 is 4.74 Å². The summed E-state index contributed by atoms with van der Waals surface area (Å²) in [5.74, 6) is 0.944. The molecule has 0 bridgehead atoms. The summed E-state index contributed by atoms with van der Waals surface area (Å²) in [5.41, 5.74) is 3.81. The second kappa shape index (κ2) is 9.52. The van der Waals surface area contributed by atoms with E-state index in [9.17, 15) is 8.42 Å². The van der Waals surface area contributed by atoms with Crippen molar-refractivity contribution in [2.24, 2.45) is 0 Å². The van der Waals surface area contributed by atoms with Crippen LogP contribution in [0.4, 0.5) is 5.82 Å². The summed E-state index contributed by atoms with van der Waals surface area (Å²) in [4.78, 5) is 12.5. The smallest absolute Gasteiger partial charge is 0.263 e. The summed E-state index contributed by atoms with van der Waals surface area (Å²) in [6, 6.07) is 24.2. The van der Waals surface area contributed by atoms with E-state index in [1.54, 1.807) is 30.5 Å². The molecular weight excluding hydrogens is 460 g/mol. The van der Waals surface area contributed by atoms with E-state index >= 15 is 0 Å². The summed E-state index contributed by atoms with van der Waals surface area (Å²) in [6.45, 7) is 2.48. The van der Waals surface area contributed by atoms with Crippen molar-refractivity contribution in [2.45, 2.75) is 18.4 Å². The second-order valence-corrected chi connectivity index (χ2v) is 9.68. The monoisotopic (exact) mass is 482 g/mol. The Morgan fingerprint density at radius 3 is 2.54 bits per heavy atom. The first kappa shape index (κ1) is 22.5.